The molecule has 1 aromatic heterocycles. The summed E-state index contributed by atoms with van der Waals surface area (Å²) in [7, 11) is -3.36. The zero-order valence-corrected chi connectivity index (χ0v) is 19.7. The molecule has 3 aromatic rings. The summed E-state index contributed by atoms with van der Waals surface area (Å²) in [4.78, 5) is 21.1. The third-order valence-corrected chi connectivity index (χ3v) is 7.66. The van der Waals surface area contributed by atoms with E-state index in [-0.39, 0.29) is 17.4 Å². The second-order valence-corrected chi connectivity index (χ2v) is 10.9. The number of piperazine rings is 1. The van der Waals surface area contributed by atoms with Crippen molar-refractivity contribution in [3.05, 3.63) is 46.4 Å². The standard InChI is InChI=1S/C20H19Cl2N3O4S2/c1-31(27,28)17-4-2-3-16-19(17)23-20(30-16)25-9-7-24(8-10-25)18(26)12-29-15-6-5-13(21)11-14(15)22/h2-6,11H,7-10,12H2,1H3. The number of para-hydroxylation sites is 1. The topological polar surface area (TPSA) is 79.8 Å². The van der Waals surface area contributed by atoms with E-state index in [4.69, 9.17) is 27.9 Å². The zero-order chi connectivity index (χ0) is 22.2. The number of ether oxygens (including phenoxy) is 1. The first-order valence-electron chi connectivity index (χ1n) is 9.42. The van der Waals surface area contributed by atoms with Gasteiger partial charge >= 0.3 is 0 Å². The summed E-state index contributed by atoms with van der Waals surface area (Å²) < 4.78 is 30.4. The molecule has 2 heterocycles. The average molecular weight is 500 g/mol. The van der Waals surface area contributed by atoms with Gasteiger partial charge < -0.3 is 14.5 Å². The third kappa shape index (κ3) is 4.90. The highest BCUT2D eigenvalue weighted by molar-refractivity contribution is 7.91. The van der Waals surface area contributed by atoms with Crippen LogP contribution in [-0.2, 0) is 14.6 Å². The number of aromatic nitrogens is 1. The van der Waals surface area contributed by atoms with Crippen molar-refractivity contribution in [3.63, 3.8) is 0 Å². The van der Waals surface area contributed by atoms with Crippen LogP contribution in [0.5, 0.6) is 5.75 Å². The Balaban J connectivity index is 1.39. The highest BCUT2D eigenvalue weighted by atomic mass is 35.5. The molecule has 1 aliphatic rings. The Morgan fingerprint density at radius 2 is 1.90 bits per heavy atom. The highest BCUT2D eigenvalue weighted by Crippen LogP contribution is 2.33. The monoisotopic (exact) mass is 499 g/mol. The Kier molecular flexibility index (Phi) is 6.30. The molecule has 0 saturated carbocycles. The molecule has 0 atom stereocenters. The van der Waals surface area contributed by atoms with Gasteiger partial charge in [-0.15, -0.1) is 0 Å². The van der Waals surface area contributed by atoms with Crippen molar-refractivity contribution in [2.45, 2.75) is 4.90 Å². The number of amides is 1. The number of carbonyl (C=O) groups excluding carboxylic acids is 1. The molecule has 1 aliphatic heterocycles. The molecule has 31 heavy (non-hydrogen) atoms. The van der Waals surface area contributed by atoms with Crippen LogP contribution in [-0.4, -0.2) is 63.3 Å². The molecule has 0 spiro atoms. The van der Waals surface area contributed by atoms with Crippen molar-refractivity contribution in [1.82, 2.24) is 9.88 Å². The lowest BCUT2D eigenvalue weighted by Gasteiger charge is -2.34. The molecule has 4 rings (SSSR count). The molecule has 0 aliphatic carbocycles. The van der Waals surface area contributed by atoms with Crippen LogP contribution >= 0.6 is 34.5 Å². The van der Waals surface area contributed by atoms with Gasteiger partial charge in [0.1, 0.15) is 11.3 Å². The van der Waals surface area contributed by atoms with Crippen LogP contribution in [0.3, 0.4) is 0 Å². The smallest absolute Gasteiger partial charge is 0.260 e. The van der Waals surface area contributed by atoms with Crippen LogP contribution in [0.15, 0.2) is 41.3 Å². The maximum Gasteiger partial charge on any atom is 0.260 e. The van der Waals surface area contributed by atoms with E-state index in [1.165, 1.54) is 17.6 Å². The molecule has 1 amide bonds. The van der Waals surface area contributed by atoms with Crippen LogP contribution in [0.1, 0.15) is 0 Å². The fraction of sp³-hybridized carbons (Fsp3) is 0.300. The third-order valence-electron chi connectivity index (χ3n) is 4.92. The van der Waals surface area contributed by atoms with Crippen LogP contribution < -0.4 is 9.64 Å². The van der Waals surface area contributed by atoms with E-state index in [2.05, 4.69) is 9.88 Å². The van der Waals surface area contributed by atoms with Gasteiger partial charge in [0.05, 0.1) is 14.6 Å². The second kappa shape index (κ2) is 8.82. The van der Waals surface area contributed by atoms with Gasteiger partial charge in [-0.2, -0.15) is 0 Å². The first-order valence-corrected chi connectivity index (χ1v) is 12.9. The molecule has 164 valence electrons. The number of hydrogen-bond acceptors (Lipinski definition) is 7. The van der Waals surface area contributed by atoms with E-state index in [1.54, 1.807) is 35.2 Å². The summed E-state index contributed by atoms with van der Waals surface area (Å²) in [6.07, 6.45) is 1.18. The fourth-order valence-electron chi connectivity index (χ4n) is 3.32. The Hall–Kier alpha value is -2.07. The largest absolute Gasteiger partial charge is 0.482 e. The molecule has 0 unspecified atom stereocenters. The lowest BCUT2D eigenvalue weighted by Crippen LogP contribution is -2.50. The van der Waals surface area contributed by atoms with E-state index < -0.39 is 9.84 Å². The first kappa shape index (κ1) is 22.1. The van der Waals surface area contributed by atoms with Crippen LogP contribution in [0, 0.1) is 0 Å². The van der Waals surface area contributed by atoms with Crippen molar-refractivity contribution in [3.8, 4) is 5.75 Å². The van der Waals surface area contributed by atoms with Crippen molar-refractivity contribution < 1.29 is 17.9 Å². The normalized spacial score (nSPS) is 14.8. The summed E-state index contributed by atoms with van der Waals surface area (Å²) in [5.74, 6) is 0.281. The van der Waals surface area contributed by atoms with Gasteiger partial charge in [-0.05, 0) is 30.3 Å². The number of anilines is 1. The highest BCUT2D eigenvalue weighted by Gasteiger charge is 2.24. The van der Waals surface area contributed by atoms with Gasteiger partial charge in [0, 0.05) is 37.5 Å². The van der Waals surface area contributed by atoms with E-state index in [0.29, 0.717) is 47.5 Å². The maximum absolute atomic E-state index is 12.5. The molecule has 0 radical (unpaired) electrons. The van der Waals surface area contributed by atoms with Gasteiger partial charge in [-0.25, -0.2) is 13.4 Å². The van der Waals surface area contributed by atoms with Gasteiger partial charge in [0.25, 0.3) is 5.91 Å². The lowest BCUT2D eigenvalue weighted by atomic mass is 10.3. The number of carbonyl (C=O) groups is 1. The molecule has 1 fully saturated rings. The second-order valence-electron chi connectivity index (χ2n) is 7.10. The van der Waals surface area contributed by atoms with Gasteiger partial charge in [-0.3, -0.25) is 4.79 Å². The molecular weight excluding hydrogens is 481 g/mol. The Labute approximate surface area is 194 Å². The molecule has 1 saturated heterocycles. The number of rotatable bonds is 5. The number of sulfone groups is 1. The van der Waals surface area contributed by atoms with Gasteiger partial charge in [-0.1, -0.05) is 40.6 Å². The molecule has 7 nitrogen and oxygen atoms in total. The number of benzene rings is 2. The number of halogens is 2. The average Bonchev–Trinajstić information content (AvgIpc) is 3.16. The predicted octanol–water partition coefficient (Wildman–Crippen LogP) is 3.73. The van der Waals surface area contributed by atoms with Crippen molar-refractivity contribution in [2.24, 2.45) is 0 Å². The van der Waals surface area contributed by atoms with Crippen LogP contribution in [0.25, 0.3) is 10.2 Å². The maximum atomic E-state index is 12.5. The first-order chi connectivity index (χ1) is 14.7. The van der Waals surface area contributed by atoms with Gasteiger partial charge in [0.15, 0.2) is 21.6 Å². The minimum atomic E-state index is -3.36. The number of thiazole rings is 1. The number of fused-ring (bicyclic) bond motifs is 1. The van der Waals surface area contributed by atoms with Crippen molar-refractivity contribution in [1.29, 1.82) is 0 Å². The lowest BCUT2D eigenvalue weighted by molar-refractivity contribution is -0.133. The summed E-state index contributed by atoms with van der Waals surface area (Å²) in [5, 5.41) is 1.61. The van der Waals surface area contributed by atoms with Crippen molar-refractivity contribution in [2.75, 3.05) is 43.9 Å². The Morgan fingerprint density at radius 3 is 2.58 bits per heavy atom. The minimum Gasteiger partial charge on any atom is -0.482 e. The molecule has 11 heteroatoms. The molecule has 0 N–H and O–H groups in total. The van der Waals surface area contributed by atoms with E-state index >= 15 is 0 Å². The summed E-state index contributed by atoms with van der Waals surface area (Å²) in [6.45, 7) is 2.12. The van der Waals surface area contributed by atoms with Crippen molar-refractivity contribution >= 4 is 65.6 Å². The molecular formula is C20H19Cl2N3O4S2. The fourth-order valence-corrected chi connectivity index (χ4v) is 5.72. The molecule has 2 aromatic carbocycles. The van der Waals surface area contributed by atoms with E-state index in [9.17, 15) is 13.2 Å². The SMILES string of the molecule is CS(=O)(=O)c1cccc2sc(N3CCN(C(=O)COc4ccc(Cl)cc4Cl)CC3)nc12. The van der Waals surface area contributed by atoms with E-state index in [1.807, 2.05) is 6.07 Å². The summed E-state index contributed by atoms with van der Waals surface area (Å²) in [5.41, 5.74) is 0.497. The zero-order valence-electron chi connectivity index (χ0n) is 16.5. The Morgan fingerprint density at radius 1 is 1.16 bits per heavy atom. The number of nitrogens with zero attached hydrogens (tertiary/aromatic N) is 3. The van der Waals surface area contributed by atoms with Crippen LogP contribution in [0.4, 0.5) is 5.13 Å². The predicted molar refractivity (Wildman–Crippen MR) is 123 cm³/mol. The van der Waals surface area contributed by atoms with Crippen LogP contribution in [0.2, 0.25) is 10.0 Å². The Bertz CT molecular complexity index is 1240. The minimum absolute atomic E-state index is 0.111. The van der Waals surface area contributed by atoms with E-state index in [0.717, 1.165) is 9.83 Å². The molecule has 0 bridgehead atoms. The van der Waals surface area contributed by atoms with Gasteiger partial charge in [0.2, 0.25) is 0 Å². The quantitative estimate of drug-likeness (QED) is 0.531. The summed E-state index contributed by atoms with van der Waals surface area (Å²) in [6, 6.07) is 10.0. The summed E-state index contributed by atoms with van der Waals surface area (Å²) >= 11 is 13.4. The number of hydrogen-bond donors (Lipinski definition) is 0.